The van der Waals surface area contributed by atoms with E-state index in [1.165, 1.54) is 0 Å². The van der Waals surface area contributed by atoms with Gasteiger partial charge in [0.05, 0.1) is 7.11 Å². The number of carboxylic acids is 1. The molecule has 1 aliphatic heterocycles. The summed E-state index contributed by atoms with van der Waals surface area (Å²) in [6.07, 6.45) is 4.92. The number of carbonyl (C=O) groups excluding carboxylic acids is 2. The average molecular weight is 633 g/mol. The van der Waals surface area contributed by atoms with Crippen LogP contribution in [0.4, 0.5) is 0 Å². The lowest BCUT2D eigenvalue weighted by atomic mass is 9.91. The molecule has 0 radical (unpaired) electrons. The molecule has 2 N–H and O–H groups in total. The zero-order chi connectivity index (χ0) is 32.8. The maximum atomic E-state index is 13.9. The molecule has 0 aromatic heterocycles. The van der Waals surface area contributed by atoms with E-state index in [9.17, 15) is 19.5 Å². The van der Waals surface area contributed by atoms with Gasteiger partial charge in [0, 0.05) is 19.4 Å². The number of methoxy groups -OCH3 is 1. The summed E-state index contributed by atoms with van der Waals surface area (Å²) in [5.41, 5.74) is 5.28. The number of benzene rings is 4. The van der Waals surface area contributed by atoms with E-state index in [1.807, 2.05) is 84.9 Å². The predicted octanol–water partition coefficient (Wildman–Crippen LogP) is 6.72. The van der Waals surface area contributed by atoms with Crippen molar-refractivity contribution >= 4 is 17.8 Å². The highest BCUT2D eigenvalue weighted by Gasteiger charge is 2.37. The number of carboxylic acid groups (broad SMARTS) is 1. The molecule has 1 unspecified atom stereocenters. The molecule has 242 valence electrons. The molecular weight excluding hydrogens is 592 g/mol. The normalized spacial score (nSPS) is 16.6. The topological polar surface area (TPSA) is 105 Å². The molecule has 8 nitrogen and oxygen atoms in total. The fraction of sp³-hybridized carbons (Fsp3) is 0.308. The molecule has 4 aromatic carbocycles. The summed E-state index contributed by atoms with van der Waals surface area (Å²) in [4.78, 5) is 41.8. The Morgan fingerprint density at radius 1 is 0.851 bits per heavy atom. The van der Waals surface area contributed by atoms with Crippen molar-refractivity contribution in [3.8, 4) is 22.6 Å². The van der Waals surface area contributed by atoms with Gasteiger partial charge in [0.15, 0.2) is 6.04 Å². The van der Waals surface area contributed by atoms with Crippen molar-refractivity contribution < 1.29 is 29.0 Å². The van der Waals surface area contributed by atoms with Gasteiger partial charge in [-0.1, -0.05) is 85.6 Å². The molecule has 2 amide bonds. The van der Waals surface area contributed by atoms with Gasteiger partial charge in [-0.25, -0.2) is 4.79 Å². The van der Waals surface area contributed by atoms with Crippen molar-refractivity contribution in [2.24, 2.45) is 5.92 Å². The standard InChI is InChI=1S/C39H40N2O6/c1-46-33-18-11-27(12-19-33)25-47-34-20-17-31-23-35(41(24-32(31)22-34)36(42)21-26-7-5-6-8-26)38(43)40-37(39(44)45)30-15-13-29(14-16-30)28-9-3-2-4-10-28/h2-4,9-20,22,26,35,37H,5-8,21,23-25H2,1H3,(H,40,43)(H,44,45)/t35?,37-/m0/s1. The van der Waals surface area contributed by atoms with Crippen LogP contribution in [0.25, 0.3) is 11.1 Å². The van der Waals surface area contributed by atoms with E-state index in [2.05, 4.69) is 5.32 Å². The minimum absolute atomic E-state index is 0.0775. The van der Waals surface area contributed by atoms with Crippen LogP contribution in [0.1, 0.15) is 60.4 Å². The van der Waals surface area contributed by atoms with Crippen LogP contribution in [0, 0.1) is 5.92 Å². The molecule has 1 saturated carbocycles. The van der Waals surface area contributed by atoms with Crippen LogP contribution in [0.5, 0.6) is 11.5 Å². The maximum absolute atomic E-state index is 13.9. The fourth-order valence-electron chi connectivity index (χ4n) is 6.64. The number of amides is 2. The Morgan fingerprint density at radius 3 is 2.21 bits per heavy atom. The Kier molecular flexibility index (Phi) is 9.86. The summed E-state index contributed by atoms with van der Waals surface area (Å²) >= 11 is 0. The van der Waals surface area contributed by atoms with Gasteiger partial charge in [0.2, 0.25) is 11.8 Å². The first-order chi connectivity index (χ1) is 22.9. The van der Waals surface area contributed by atoms with Crippen molar-refractivity contribution in [3.63, 3.8) is 0 Å². The first-order valence-electron chi connectivity index (χ1n) is 16.2. The minimum Gasteiger partial charge on any atom is -0.497 e. The molecule has 47 heavy (non-hydrogen) atoms. The number of hydrogen-bond acceptors (Lipinski definition) is 5. The van der Waals surface area contributed by atoms with Gasteiger partial charge < -0.3 is 24.8 Å². The molecule has 0 bridgehead atoms. The molecule has 8 heteroatoms. The highest BCUT2D eigenvalue weighted by Crippen LogP contribution is 2.32. The van der Waals surface area contributed by atoms with Gasteiger partial charge in [-0.05, 0) is 76.4 Å². The van der Waals surface area contributed by atoms with Crippen molar-refractivity contribution in [1.82, 2.24) is 10.2 Å². The average Bonchev–Trinajstić information content (AvgIpc) is 3.62. The van der Waals surface area contributed by atoms with Gasteiger partial charge in [0.1, 0.15) is 24.1 Å². The molecule has 4 aromatic rings. The second kappa shape index (κ2) is 14.5. The number of fused-ring (bicyclic) bond motifs is 1. The first-order valence-corrected chi connectivity index (χ1v) is 16.2. The molecule has 0 saturated heterocycles. The largest absolute Gasteiger partial charge is 0.497 e. The highest BCUT2D eigenvalue weighted by atomic mass is 16.5. The van der Waals surface area contributed by atoms with E-state index in [4.69, 9.17) is 9.47 Å². The van der Waals surface area contributed by atoms with Crippen LogP contribution in [0.15, 0.2) is 97.1 Å². The van der Waals surface area contributed by atoms with E-state index < -0.39 is 24.0 Å². The Morgan fingerprint density at radius 2 is 1.53 bits per heavy atom. The van der Waals surface area contributed by atoms with E-state index in [-0.39, 0.29) is 18.9 Å². The number of rotatable bonds is 11. The van der Waals surface area contributed by atoms with Crippen molar-refractivity contribution in [2.45, 2.75) is 63.8 Å². The quantitative estimate of drug-likeness (QED) is 0.190. The lowest BCUT2D eigenvalue weighted by Crippen LogP contribution is -2.54. The van der Waals surface area contributed by atoms with Crippen molar-refractivity contribution in [3.05, 3.63) is 119 Å². The van der Waals surface area contributed by atoms with Gasteiger partial charge in [0.25, 0.3) is 0 Å². The Bertz CT molecular complexity index is 1700. The number of aliphatic carboxylic acids is 1. The molecular formula is C39H40N2O6. The maximum Gasteiger partial charge on any atom is 0.330 e. The number of carbonyl (C=O) groups is 3. The fourth-order valence-corrected chi connectivity index (χ4v) is 6.64. The Labute approximate surface area is 275 Å². The smallest absolute Gasteiger partial charge is 0.330 e. The molecule has 1 aliphatic carbocycles. The van der Waals surface area contributed by atoms with Gasteiger partial charge >= 0.3 is 5.97 Å². The lowest BCUT2D eigenvalue weighted by Gasteiger charge is -2.37. The Hall–Kier alpha value is -5.11. The number of ether oxygens (including phenoxy) is 2. The van der Waals surface area contributed by atoms with E-state index in [1.54, 1.807) is 24.1 Å². The second-order valence-electron chi connectivity index (χ2n) is 12.4. The van der Waals surface area contributed by atoms with Crippen LogP contribution in [0.3, 0.4) is 0 Å². The predicted molar refractivity (Wildman–Crippen MR) is 179 cm³/mol. The van der Waals surface area contributed by atoms with Crippen LogP contribution in [-0.4, -0.2) is 40.9 Å². The highest BCUT2D eigenvalue weighted by molar-refractivity contribution is 5.91. The number of nitrogens with one attached hydrogen (secondary N) is 1. The minimum atomic E-state index is -1.26. The molecule has 1 fully saturated rings. The van der Waals surface area contributed by atoms with Crippen LogP contribution in [-0.2, 0) is 34.0 Å². The van der Waals surface area contributed by atoms with Crippen molar-refractivity contribution in [2.75, 3.05) is 7.11 Å². The second-order valence-corrected chi connectivity index (χ2v) is 12.4. The van der Waals surface area contributed by atoms with E-state index in [0.717, 1.165) is 59.3 Å². The van der Waals surface area contributed by atoms with Crippen LogP contribution in [0.2, 0.25) is 0 Å². The van der Waals surface area contributed by atoms with Crippen LogP contribution >= 0.6 is 0 Å². The SMILES string of the molecule is COc1ccc(COc2ccc3c(c2)CN(C(=O)CC2CCCC2)C(C(=O)N[C@H](C(=O)O)c2ccc(-c4ccccc4)cc2)C3)cc1. The van der Waals surface area contributed by atoms with E-state index >= 15 is 0 Å². The zero-order valence-electron chi connectivity index (χ0n) is 26.6. The third-order valence-corrected chi connectivity index (χ3v) is 9.32. The Balaban J connectivity index is 1.20. The molecule has 1 heterocycles. The summed E-state index contributed by atoms with van der Waals surface area (Å²) in [5, 5.41) is 12.9. The third-order valence-electron chi connectivity index (χ3n) is 9.32. The number of hydrogen-bond donors (Lipinski definition) is 2. The number of nitrogens with zero attached hydrogens (tertiary/aromatic N) is 1. The van der Waals surface area contributed by atoms with Gasteiger partial charge in [-0.3, -0.25) is 9.59 Å². The van der Waals surface area contributed by atoms with Gasteiger partial charge in [-0.15, -0.1) is 0 Å². The summed E-state index contributed by atoms with van der Waals surface area (Å²) in [6, 6.07) is 28.3. The molecule has 2 atom stereocenters. The van der Waals surface area contributed by atoms with Crippen molar-refractivity contribution in [1.29, 1.82) is 0 Å². The monoisotopic (exact) mass is 632 g/mol. The van der Waals surface area contributed by atoms with Crippen LogP contribution < -0.4 is 14.8 Å². The third kappa shape index (κ3) is 7.65. The van der Waals surface area contributed by atoms with E-state index in [0.29, 0.717) is 30.3 Å². The van der Waals surface area contributed by atoms with Gasteiger partial charge in [-0.2, -0.15) is 0 Å². The summed E-state index contributed by atoms with van der Waals surface area (Å²) < 4.78 is 11.3. The molecule has 6 rings (SSSR count). The zero-order valence-corrected chi connectivity index (χ0v) is 26.6. The summed E-state index contributed by atoms with van der Waals surface area (Å²) in [7, 11) is 1.63. The lowest BCUT2D eigenvalue weighted by molar-refractivity contribution is -0.146. The molecule has 0 spiro atoms. The summed E-state index contributed by atoms with van der Waals surface area (Å²) in [5.74, 6) is 0.0435. The summed E-state index contributed by atoms with van der Waals surface area (Å²) in [6.45, 7) is 0.628. The molecule has 2 aliphatic rings. The first kappa shape index (κ1) is 31.9.